The molecule has 4 atom stereocenters. The Labute approximate surface area is 153 Å². The van der Waals surface area contributed by atoms with Crippen LogP contribution >= 0.6 is 0 Å². The highest BCUT2D eigenvalue weighted by atomic mass is 16.7. The molecule has 0 N–H and O–H groups in total. The molecule has 2 aliphatic rings. The number of benzene rings is 2. The van der Waals surface area contributed by atoms with Crippen molar-refractivity contribution in [2.75, 3.05) is 21.0 Å². The Kier molecular flexibility index (Phi) is 4.41. The quantitative estimate of drug-likeness (QED) is 0.806. The summed E-state index contributed by atoms with van der Waals surface area (Å²) in [6.07, 6.45) is 0.0119. The normalized spacial score (nSPS) is 26.8. The molecule has 0 saturated carbocycles. The monoisotopic (exact) mass is 356 g/mol. The SMILES string of the molecule is COc1ccc([C@@H]2O[C@@H](c3ccc4c(c3)OCO4)[C@@H](C)[C@H]2C)cc1OC. The van der Waals surface area contributed by atoms with Crippen LogP contribution in [0.25, 0.3) is 0 Å². The van der Waals surface area contributed by atoms with E-state index in [1.165, 1.54) is 0 Å². The Morgan fingerprint density at radius 2 is 1.38 bits per heavy atom. The first kappa shape index (κ1) is 17.0. The Balaban J connectivity index is 1.62. The average molecular weight is 356 g/mol. The highest BCUT2D eigenvalue weighted by molar-refractivity contribution is 5.46. The number of ether oxygens (including phenoxy) is 5. The minimum Gasteiger partial charge on any atom is -0.493 e. The number of rotatable bonds is 4. The predicted octanol–water partition coefficient (Wildman–Crippen LogP) is 4.52. The van der Waals surface area contributed by atoms with Crippen LogP contribution in [0.2, 0.25) is 0 Å². The third-order valence-corrected chi connectivity index (χ3v) is 5.54. The first-order chi connectivity index (χ1) is 12.6. The molecule has 0 unspecified atom stereocenters. The number of methoxy groups -OCH3 is 2. The van der Waals surface area contributed by atoms with Gasteiger partial charge in [-0.15, -0.1) is 0 Å². The van der Waals surface area contributed by atoms with Gasteiger partial charge in [-0.2, -0.15) is 0 Å². The molecule has 138 valence electrons. The molecule has 2 heterocycles. The molecular formula is C21H24O5. The molecule has 0 radical (unpaired) electrons. The summed E-state index contributed by atoms with van der Waals surface area (Å²) >= 11 is 0. The standard InChI is InChI=1S/C21H24O5/c1-12-13(2)21(15-6-8-17-19(10-15)25-11-24-17)26-20(12)14-5-7-16(22-3)18(9-14)23-4/h5-10,12-13,20-21H,11H2,1-4H3/t12-,13+,20-,21-/m1/s1. The van der Waals surface area contributed by atoms with Gasteiger partial charge < -0.3 is 23.7 Å². The molecule has 2 aliphatic heterocycles. The smallest absolute Gasteiger partial charge is 0.231 e. The minimum absolute atomic E-state index is 0.000212. The van der Waals surface area contributed by atoms with Gasteiger partial charge in [-0.1, -0.05) is 26.0 Å². The second-order valence-electron chi connectivity index (χ2n) is 6.92. The van der Waals surface area contributed by atoms with Crippen molar-refractivity contribution in [3.63, 3.8) is 0 Å². The molecule has 5 nitrogen and oxygen atoms in total. The van der Waals surface area contributed by atoms with Crippen molar-refractivity contribution < 1.29 is 23.7 Å². The Bertz CT molecular complexity index is 803. The molecule has 1 saturated heterocycles. The van der Waals surface area contributed by atoms with Crippen LogP contribution in [0.15, 0.2) is 36.4 Å². The van der Waals surface area contributed by atoms with E-state index in [9.17, 15) is 0 Å². The first-order valence-electron chi connectivity index (χ1n) is 8.89. The maximum absolute atomic E-state index is 6.50. The summed E-state index contributed by atoms with van der Waals surface area (Å²) in [5, 5.41) is 0. The molecule has 26 heavy (non-hydrogen) atoms. The maximum Gasteiger partial charge on any atom is 0.231 e. The zero-order chi connectivity index (χ0) is 18.3. The minimum atomic E-state index is 0.000212. The average Bonchev–Trinajstić information content (AvgIpc) is 3.25. The van der Waals surface area contributed by atoms with Gasteiger partial charge in [-0.25, -0.2) is 0 Å². The van der Waals surface area contributed by atoms with Gasteiger partial charge in [0.05, 0.1) is 26.4 Å². The fraction of sp³-hybridized carbons (Fsp3) is 0.429. The molecule has 0 spiro atoms. The summed E-state index contributed by atoms with van der Waals surface area (Å²) < 4.78 is 28.2. The van der Waals surface area contributed by atoms with Gasteiger partial charge in [0.2, 0.25) is 6.79 Å². The second-order valence-corrected chi connectivity index (χ2v) is 6.92. The summed E-state index contributed by atoms with van der Waals surface area (Å²) in [5.41, 5.74) is 2.22. The van der Waals surface area contributed by atoms with Crippen LogP contribution in [0.3, 0.4) is 0 Å². The Morgan fingerprint density at radius 1 is 0.769 bits per heavy atom. The Morgan fingerprint density at radius 3 is 2.08 bits per heavy atom. The van der Waals surface area contributed by atoms with Crippen LogP contribution in [-0.4, -0.2) is 21.0 Å². The number of hydrogen-bond acceptors (Lipinski definition) is 5. The molecule has 2 aromatic carbocycles. The van der Waals surface area contributed by atoms with E-state index in [-0.39, 0.29) is 19.0 Å². The van der Waals surface area contributed by atoms with Crippen molar-refractivity contribution in [2.45, 2.75) is 26.1 Å². The van der Waals surface area contributed by atoms with Gasteiger partial charge in [0.1, 0.15) is 0 Å². The van der Waals surface area contributed by atoms with E-state index in [1.807, 2.05) is 24.3 Å². The number of fused-ring (bicyclic) bond motifs is 1. The van der Waals surface area contributed by atoms with Crippen LogP contribution in [0.4, 0.5) is 0 Å². The van der Waals surface area contributed by atoms with Gasteiger partial charge in [0, 0.05) is 0 Å². The zero-order valence-corrected chi connectivity index (χ0v) is 15.5. The van der Waals surface area contributed by atoms with Crippen molar-refractivity contribution >= 4 is 0 Å². The van der Waals surface area contributed by atoms with Crippen LogP contribution in [0.5, 0.6) is 23.0 Å². The molecule has 0 aromatic heterocycles. The van der Waals surface area contributed by atoms with Crippen molar-refractivity contribution in [3.8, 4) is 23.0 Å². The largest absolute Gasteiger partial charge is 0.493 e. The van der Waals surface area contributed by atoms with E-state index in [0.717, 1.165) is 34.1 Å². The predicted molar refractivity (Wildman–Crippen MR) is 97.0 cm³/mol. The van der Waals surface area contributed by atoms with Crippen molar-refractivity contribution in [1.82, 2.24) is 0 Å². The second kappa shape index (κ2) is 6.72. The summed E-state index contributed by atoms with van der Waals surface area (Å²) in [5.74, 6) is 3.77. The fourth-order valence-electron chi connectivity index (χ4n) is 3.84. The van der Waals surface area contributed by atoms with Crippen molar-refractivity contribution in [3.05, 3.63) is 47.5 Å². The van der Waals surface area contributed by atoms with Gasteiger partial charge in [-0.3, -0.25) is 0 Å². The van der Waals surface area contributed by atoms with E-state index in [2.05, 4.69) is 26.0 Å². The number of hydrogen-bond donors (Lipinski definition) is 0. The van der Waals surface area contributed by atoms with Crippen LogP contribution in [0.1, 0.15) is 37.2 Å². The van der Waals surface area contributed by atoms with Crippen LogP contribution < -0.4 is 18.9 Å². The van der Waals surface area contributed by atoms with Gasteiger partial charge in [0.25, 0.3) is 0 Å². The summed E-state index contributed by atoms with van der Waals surface area (Å²) in [4.78, 5) is 0. The zero-order valence-electron chi connectivity index (χ0n) is 15.5. The molecule has 2 aromatic rings. The first-order valence-corrected chi connectivity index (χ1v) is 8.89. The summed E-state index contributed by atoms with van der Waals surface area (Å²) in [6, 6.07) is 12.1. The molecule has 5 heteroatoms. The van der Waals surface area contributed by atoms with Gasteiger partial charge in [0.15, 0.2) is 23.0 Å². The van der Waals surface area contributed by atoms with Crippen molar-refractivity contribution in [1.29, 1.82) is 0 Å². The van der Waals surface area contributed by atoms with Crippen LogP contribution in [0, 0.1) is 11.8 Å². The van der Waals surface area contributed by atoms with Gasteiger partial charge >= 0.3 is 0 Å². The van der Waals surface area contributed by atoms with Crippen molar-refractivity contribution in [2.24, 2.45) is 11.8 Å². The lowest BCUT2D eigenvalue weighted by Gasteiger charge is -2.18. The van der Waals surface area contributed by atoms with E-state index in [4.69, 9.17) is 23.7 Å². The summed E-state index contributed by atoms with van der Waals surface area (Å²) in [6.45, 7) is 4.75. The lowest BCUT2D eigenvalue weighted by Crippen LogP contribution is -2.10. The fourth-order valence-corrected chi connectivity index (χ4v) is 3.84. The molecule has 4 rings (SSSR count). The highest BCUT2D eigenvalue weighted by Gasteiger charge is 2.41. The lowest BCUT2D eigenvalue weighted by molar-refractivity contribution is 0.0288. The van der Waals surface area contributed by atoms with E-state index in [1.54, 1.807) is 14.2 Å². The molecule has 0 aliphatic carbocycles. The Hall–Kier alpha value is -2.40. The van der Waals surface area contributed by atoms with Crippen LogP contribution in [-0.2, 0) is 4.74 Å². The molecule has 1 fully saturated rings. The summed E-state index contributed by atoms with van der Waals surface area (Å²) in [7, 11) is 3.29. The van der Waals surface area contributed by atoms with Gasteiger partial charge in [-0.05, 0) is 47.2 Å². The highest BCUT2D eigenvalue weighted by Crippen LogP contribution is 2.50. The van der Waals surface area contributed by atoms with E-state index in [0.29, 0.717) is 11.8 Å². The molecule has 0 bridgehead atoms. The topological polar surface area (TPSA) is 46.2 Å². The molecular weight excluding hydrogens is 332 g/mol. The third-order valence-electron chi connectivity index (χ3n) is 5.54. The van der Waals surface area contributed by atoms with E-state index >= 15 is 0 Å². The lowest BCUT2D eigenvalue weighted by atomic mass is 9.85. The molecule has 0 amide bonds. The van der Waals surface area contributed by atoms with E-state index < -0.39 is 0 Å². The third kappa shape index (κ3) is 2.76. The maximum atomic E-state index is 6.50.